The third-order valence-corrected chi connectivity index (χ3v) is 3.87. The molecule has 21 heavy (non-hydrogen) atoms. The summed E-state index contributed by atoms with van der Waals surface area (Å²) in [6.07, 6.45) is 1.43. The Morgan fingerprint density at radius 2 is 2.14 bits per heavy atom. The van der Waals surface area contributed by atoms with Gasteiger partial charge in [-0.2, -0.15) is 5.10 Å². The van der Waals surface area contributed by atoms with Gasteiger partial charge in [-0.3, -0.25) is 4.79 Å². The van der Waals surface area contributed by atoms with Gasteiger partial charge in [0.2, 0.25) is 0 Å². The number of aromatic hydroxyl groups is 1. The molecule has 0 aromatic heterocycles. The Bertz CT molecular complexity index is 717. The van der Waals surface area contributed by atoms with Crippen molar-refractivity contribution in [3.63, 3.8) is 0 Å². The number of hydrogen-bond acceptors (Lipinski definition) is 3. The SMILES string of the molecule is Cc1cc(I)cc(/C=N/NC(=O)c2cccc(Br)c2)c1O. The maximum atomic E-state index is 11.9. The number of benzene rings is 2. The Kier molecular flexibility index (Phi) is 5.35. The lowest BCUT2D eigenvalue weighted by Gasteiger charge is -2.04. The van der Waals surface area contributed by atoms with Crippen LogP contribution in [0.2, 0.25) is 0 Å². The number of aryl methyl sites for hydroxylation is 1. The van der Waals surface area contributed by atoms with E-state index in [4.69, 9.17) is 0 Å². The first-order valence-corrected chi connectivity index (χ1v) is 7.92. The summed E-state index contributed by atoms with van der Waals surface area (Å²) in [4.78, 5) is 11.9. The summed E-state index contributed by atoms with van der Waals surface area (Å²) in [6.45, 7) is 1.81. The summed E-state index contributed by atoms with van der Waals surface area (Å²) >= 11 is 5.47. The van der Waals surface area contributed by atoms with Crippen LogP contribution in [0.3, 0.4) is 0 Å². The van der Waals surface area contributed by atoms with Crippen LogP contribution < -0.4 is 5.43 Å². The molecule has 0 saturated heterocycles. The van der Waals surface area contributed by atoms with E-state index < -0.39 is 0 Å². The molecule has 108 valence electrons. The molecule has 2 N–H and O–H groups in total. The smallest absolute Gasteiger partial charge is 0.271 e. The molecule has 0 fully saturated rings. The molecule has 0 aliphatic carbocycles. The molecule has 0 aliphatic rings. The average molecular weight is 459 g/mol. The van der Waals surface area contributed by atoms with Gasteiger partial charge in [-0.15, -0.1) is 0 Å². The van der Waals surface area contributed by atoms with Gasteiger partial charge in [0, 0.05) is 19.2 Å². The van der Waals surface area contributed by atoms with Gasteiger partial charge >= 0.3 is 0 Å². The van der Waals surface area contributed by atoms with Gasteiger partial charge in [-0.25, -0.2) is 5.43 Å². The molecule has 0 aliphatic heterocycles. The second kappa shape index (κ2) is 7.04. The Hall–Kier alpha value is -1.41. The molecule has 0 unspecified atom stereocenters. The van der Waals surface area contributed by atoms with Crippen molar-refractivity contribution in [2.75, 3.05) is 0 Å². The van der Waals surface area contributed by atoms with Gasteiger partial charge in [0.05, 0.1) is 6.21 Å². The van der Waals surface area contributed by atoms with Crippen LogP contribution in [0.5, 0.6) is 5.75 Å². The molecule has 4 nitrogen and oxygen atoms in total. The van der Waals surface area contributed by atoms with E-state index in [0.29, 0.717) is 11.1 Å². The second-order valence-corrected chi connectivity index (χ2v) is 6.53. The lowest BCUT2D eigenvalue weighted by atomic mass is 10.1. The van der Waals surface area contributed by atoms with Crippen LogP contribution >= 0.6 is 38.5 Å². The maximum absolute atomic E-state index is 11.9. The van der Waals surface area contributed by atoms with Gasteiger partial charge in [-0.05, 0) is 65.4 Å². The van der Waals surface area contributed by atoms with Crippen molar-refractivity contribution in [3.8, 4) is 5.75 Å². The molecule has 0 radical (unpaired) electrons. The number of amides is 1. The average Bonchev–Trinajstić information content (AvgIpc) is 2.43. The normalized spacial score (nSPS) is 10.8. The number of rotatable bonds is 3. The van der Waals surface area contributed by atoms with Gasteiger partial charge in [-0.1, -0.05) is 22.0 Å². The second-order valence-electron chi connectivity index (χ2n) is 4.37. The minimum atomic E-state index is -0.311. The predicted molar refractivity (Wildman–Crippen MR) is 94.8 cm³/mol. The molecule has 6 heteroatoms. The Morgan fingerprint density at radius 1 is 1.38 bits per heavy atom. The zero-order valence-electron chi connectivity index (χ0n) is 11.1. The van der Waals surface area contributed by atoms with Crippen LogP contribution in [0, 0.1) is 10.5 Å². The molecule has 2 aromatic rings. The van der Waals surface area contributed by atoms with Crippen molar-refractivity contribution in [2.45, 2.75) is 6.92 Å². The lowest BCUT2D eigenvalue weighted by Crippen LogP contribution is -2.17. The largest absolute Gasteiger partial charge is 0.507 e. The van der Waals surface area contributed by atoms with E-state index in [9.17, 15) is 9.90 Å². The monoisotopic (exact) mass is 458 g/mol. The fraction of sp³-hybridized carbons (Fsp3) is 0.0667. The highest BCUT2D eigenvalue weighted by Crippen LogP contribution is 2.23. The van der Waals surface area contributed by atoms with Crippen molar-refractivity contribution in [1.29, 1.82) is 0 Å². The number of phenolic OH excluding ortho intramolecular Hbond substituents is 1. The summed E-state index contributed by atoms with van der Waals surface area (Å²) in [5.74, 6) is -0.148. The van der Waals surface area contributed by atoms with Crippen LogP contribution in [0.15, 0.2) is 46.0 Å². The van der Waals surface area contributed by atoms with Gasteiger partial charge in [0.25, 0.3) is 5.91 Å². The van der Waals surface area contributed by atoms with Crippen molar-refractivity contribution >= 4 is 50.6 Å². The summed E-state index contributed by atoms with van der Waals surface area (Å²) in [5, 5.41) is 13.8. The van der Waals surface area contributed by atoms with Crippen LogP contribution in [0.25, 0.3) is 0 Å². The fourth-order valence-electron chi connectivity index (χ4n) is 1.71. The predicted octanol–water partition coefficient (Wildman–Crippen LogP) is 3.83. The fourth-order valence-corrected chi connectivity index (χ4v) is 2.92. The van der Waals surface area contributed by atoms with E-state index in [1.165, 1.54) is 6.21 Å². The Labute approximate surface area is 144 Å². The number of hydrogen-bond donors (Lipinski definition) is 2. The lowest BCUT2D eigenvalue weighted by molar-refractivity contribution is 0.0955. The molecular weight excluding hydrogens is 447 g/mol. The Morgan fingerprint density at radius 3 is 2.86 bits per heavy atom. The zero-order valence-corrected chi connectivity index (χ0v) is 14.8. The first-order valence-electron chi connectivity index (χ1n) is 6.05. The van der Waals surface area contributed by atoms with Crippen molar-refractivity contribution in [2.24, 2.45) is 5.10 Å². The molecule has 0 bridgehead atoms. The summed E-state index contributed by atoms with van der Waals surface area (Å²) in [7, 11) is 0. The van der Waals surface area contributed by atoms with Gasteiger partial charge in [0.15, 0.2) is 0 Å². The molecule has 2 aromatic carbocycles. The minimum absolute atomic E-state index is 0.163. The highest BCUT2D eigenvalue weighted by Gasteiger charge is 2.06. The third kappa shape index (κ3) is 4.28. The van der Waals surface area contributed by atoms with Crippen molar-refractivity contribution in [3.05, 3.63) is 61.1 Å². The molecule has 0 atom stereocenters. The third-order valence-electron chi connectivity index (χ3n) is 2.75. The van der Waals surface area contributed by atoms with E-state index in [-0.39, 0.29) is 11.7 Å². The number of nitrogens with one attached hydrogen (secondary N) is 1. The summed E-state index contributed by atoms with van der Waals surface area (Å²) in [5.41, 5.74) is 4.27. The van der Waals surface area contributed by atoms with Crippen LogP contribution in [0.4, 0.5) is 0 Å². The zero-order chi connectivity index (χ0) is 15.4. The highest BCUT2D eigenvalue weighted by molar-refractivity contribution is 14.1. The van der Waals surface area contributed by atoms with E-state index >= 15 is 0 Å². The first-order chi connectivity index (χ1) is 9.97. The van der Waals surface area contributed by atoms with E-state index in [2.05, 4.69) is 49.0 Å². The standard InChI is InChI=1S/C15H12BrIN2O2/c1-9-5-13(17)7-11(14(9)20)8-18-19-15(21)10-3-2-4-12(16)6-10/h2-8,20H,1H3,(H,19,21)/b18-8+. The summed E-state index contributed by atoms with van der Waals surface area (Å²) in [6, 6.07) is 10.7. The van der Waals surface area contributed by atoms with Gasteiger partial charge < -0.3 is 5.11 Å². The number of hydrazone groups is 1. The van der Waals surface area contributed by atoms with Crippen LogP contribution in [0.1, 0.15) is 21.5 Å². The van der Waals surface area contributed by atoms with Crippen molar-refractivity contribution in [1.82, 2.24) is 5.43 Å². The number of nitrogens with zero attached hydrogens (tertiary/aromatic N) is 1. The van der Waals surface area contributed by atoms with Crippen molar-refractivity contribution < 1.29 is 9.90 Å². The van der Waals surface area contributed by atoms with E-state index in [1.807, 2.05) is 19.1 Å². The first kappa shape index (κ1) is 16.0. The summed E-state index contributed by atoms with van der Waals surface area (Å²) < 4.78 is 1.81. The molecule has 0 heterocycles. The molecular formula is C15H12BrIN2O2. The molecule has 0 saturated carbocycles. The van der Waals surface area contributed by atoms with Crippen LogP contribution in [-0.2, 0) is 0 Å². The van der Waals surface area contributed by atoms with E-state index in [1.54, 1.807) is 24.3 Å². The maximum Gasteiger partial charge on any atom is 0.271 e. The number of phenols is 1. The Balaban J connectivity index is 2.11. The van der Waals surface area contributed by atoms with Gasteiger partial charge in [0.1, 0.15) is 5.75 Å². The number of carbonyl (C=O) groups is 1. The minimum Gasteiger partial charge on any atom is -0.507 e. The molecule has 0 spiro atoms. The highest BCUT2D eigenvalue weighted by atomic mass is 127. The molecule has 2 rings (SSSR count). The number of halogens is 2. The number of carbonyl (C=O) groups excluding carboxylic acids is 1. The van der Waals surface area contributed by atoms with Crippen LogP contribution in [-0.4, -0.2) is 17.2 Å². The topological polar surface area (TPSA) is 61.7 Å². The quantitative estimate of drug-likeness (QED) is 0.417. The molecule has 1 amide bonds. The van der Waals surface area contributed by atoms with E-state index in [0.717, 1.165) is 13.6 Å².